The number of nitrogens with zero attached hydrogens (tertiary/aromatic N) is 1. The lowest BCUT2D eigenvalue weighted by atomic mass is 9.68. The fourth-order valence-corrected chi connectivity index (χ4v) is 2.67. The molecule has 3 atom stereocenters. The van der Waals surface area contributed by atoms with Crippen molar-refractivity contribution < 1.29 is 5.11 Å². The van der Waals surface area contributed by atoms with Crippen LogP contribution in [0.15, 0.2) is 24.5 Å². The Labute approximate surface area is 91.4 Å². The molecule has 1 aliphatic carbocycles. The van der Waals surface area contributed by atoms with E-state index in [2.05, 4.69) is 18.8 Å². The molecule has 1 aromatic heterocycles. The lowest BCUT2D eigenvalue weighted by Gasteiger charge is -2.42. The molecule has 0 saturated heterocycles. The van der Waals surface area contributed by atoms with Crippen molar-refractivity contribution in [2.45, 2.75) is 38.7 Å². The molecule has 1 fully saturated rings. The molecular weight excluding hydrogens is 186 g/mol. The summed E-state index contributed by atoms with van der Waals surface area (Å²) in [4.78, 5) is 4.10. The van der Waals surface area contributed by atoms with Crippen LogP contribution in [0, 0.1) is 11.8 Å². The van der Waals surface area contributed by atoms with Crippen molar-refractivity contribution in [1.29, 1.82) is 0 Å². The molecule has 0 aromatic carbocycles. The summed E-state index contributed by atoms with van der Waals surface area (Å²) in [5.41, 5.74) is 0.315. The quantitative estimate of drug-likeness (QED) is 0.764. The van der Waals surface area contributed by atoms with Gasteiger partial charge < -0.3 is 5.11 Å². The van der Waals surface area contributed by atoms with E-state index < -0.39 is 5.60 Å². The van der Waals surface area contributed by atoms with E-state index in [1.165, 1.54) is 6.42 Å². The average molecular weight is 205 g/mol. The molecule has 0 bridgehead atoms. The lowest BCUT2D eigenvalue weighted by Crippen LogP contribution is -2.40. The summed E-state index contributed by atoms with van der Waals surface area (Å²) in [6.45, 7) is 4.38. The summed E-state index contributed by atoms with van der Waals surface area (Å²) >= 11 is 0. The van der Waals surface area contributed by atoms with Gasteiger partial charge in [-0.05, 0) is 30.7 Å². The highest BCUT2D eigenvalue weighted by molar-refractivity contribution is 5.20. The van der Waals surface area contributed by atoms with Crippen LogP contribution < -0.4 is 0 Å². The minimum absolute atomic E-state index is 0.315. The van der Waals surface area contributed by atoms with Crippen molar-refractivity contribution in [2.75, 3.05) is 0 Å². The van der Waals surface area contributed by atoms with Gasteiger partial charge >= 0.3 is 0 Å². The van der Waals surface area contributed by atoms with E-state index in [0.717, 1.165) is 18.4 Å². The van der Waals surface area contributed by atoms with E-state index in [1.54, 1.807) is 12.4 Å². The van der Waals surface area contributed by atoms with Crippen molar-refractivity contribution in [3.05, 3.63) is 30.1 Å². The molecule has 0 spiro atoms. The minimum Gasteiger partial charge on any atom is -0.385 e. The zero-order valence-corrected chi connectivity index (χ0v) is 9.48. The molecule has 3 unspecified atom stereocenters. The van der Waals surface area contributed by atoms with Gasteiger partial charge in [-0.15, -0.1) is 0 Å². The molecule has 0 amide bonds. The van der Waals surface area contributed by atoms with E-state index in [4.69, 9.17) is 0 Å². The van der Waals surface area contributed by atoms with E-state index in [9.17, 15) is 5.11 Å². The normalized spacial score (nSPS) is 36.5. The number of hydrogen-bond acceptors (Lipinski definition) is 2. The third-order valence-electron chi connectivity index (χ3n) is 3.99. The van der Waals surface area contributed by atoms with Gasteiger partial charge in [-0.2, -0.15) is 0 Å². The maximum absolute atomic E-state index is 10.7. The third kappa shape index (κ3) is 1.78. The van der Waals surface area contributed by atoms with Gasteiger partial charge in [0.05, 0.1) is 5.60 Å². The molecule has 2 nitrogen and oxygen atoms in total. The third-order valence-corrected chi connectivity index (χ3v) is 3.99. The van der Waals surface area contributed by atoms with Gasteiger partial charge in [0, 0.05) is 18.0 Å². The molecule has 0 aliphatic heterocycles. The first kappa shape index (κ1) is 10.6. The van der Waals surface area contributed by atoms with Crippen LogP contribution in [0.2, 0.25) is 0 Å². The van der Waals surface area contributed by atoms with E-state index >= 15 is 0 Å². The van der Waals surface area contributed by atoms with Gasteiger partial charge in [-0.3, -0.25) is 4.98 Å². The lowest BCUT2D eigenvalue weighted by molar-refractivity contribution is -0.0690. The summed E-state index contributed by atoms with van der Waals surface area (Å²) < 4.78 is 0. The van der Waals surface area contributed by atoms with Crippen LogP contribution in [0.3, 0.4) is 0 Å². The maximum atomic E-state index is 10.7. The van der Waals surface area contributed by atoms with Crippen LogP contribution in [-0.4, -0.2) is 10.1 Å². The number of hydrogen-bond donors (Lipinski definition) is 1. The highest BCUT2D eigenvalue weighted by Gasteiger charge is 2.41. The molecule has 1 saturated carbocycles. The van der Waals surface area contributed by atoms with Crippen LogP contribution in [0.4, 0.5) is 0 Å². The Hall–Kier alpha value is -0.890. The highest BCUT2D eigenvalue weighted by Crippen LogP contribution is 2.43. The first-order valence-corrected chi connectivity index (χ1v) is 5.77. The number of pyridine rings is 1. The number of rotatable bonds is 1. The molecule has 1 aromatic rings. The van der Waals surface area contributed by atoms with Gasteiger partial charge in [-0.1, -0.05) is 26.3 Å². The number of aliphatic hydroxyl groups is 1. The van der Waals surface area contributed by atoms with Crippen molar-refractivity contribution in [2.24, 2.45) is 11.8 Å². The maximum Gasteiger partial charge on any atom is 0.0939 e. The van der Waals surface area contributed by atoms with Gasteiger partial charge in [0.1, 0.15) is 0 Å². The van der Waals surface area contributed by atoms with Crippen LogP contribution in [0.25, 0.3) is 0 Å². The Kier molecular flexibility index (Phi) is 2.79. The van der Waals surface area contributed by atoms with Crippen LogP contribution in [0.1, 0.15) is 38.7 Å². The molecular formula is C13H19NO. The van der Waals surface area contributed by atoms with Crippen LogP contribution in [-0.2, 0) is 5.60 Å². The predicted molar refractivity (Wildman–Crippen MR) is 60.3 cm³/mol. The smallest absolute Gasteiger partial charge is 0.0939 e. The van der Waals surface area contributed by atoms with Crippen molar-refractivity contribution in [3.63, 3.8) is 0 Å². The SMILES string of the molecule is CC1CCCC(O)(c2cccnc2)C1C. The van der Waals surface area contributed by atoms with Gasteiger partial charge in [0.25, 0.3) is 0 Å². The van der Waals surface area contributed by atoms with Crippen LogP contribution in [0.5, 0.6) is 0 Å². The molecule has 82 valence electrons. The summed E-state index contributed by atoms with van der Waals surface area (Å²) in [6, 6.07) is 3.89. The molecule has 1 heterocycles. The average Bonchev–Trinajstić information content (AvgIpc) is 2.27. The summed E-state index contributed by atoms with van der Waals surface area (Å²) in [5, 5.41) is 10.7. The summed E-state index contributed by atoms with van der Waals surface area (Å²) in [6.07, 6.45) is 6.75. The largest absolute Gasteiger partial charge is 0.385 e. The molecule has 2 heteroatoms. The van der Waals surface area contributed by atoms with Gasteiger partial charge in [0.15, 0.2) is 0 Å². The fraction of sp³-hybridized carbons (Fsp3) is 0.615. The minimum atomic E-state index is -0.661. The Balaban J connectivity index is 2.32. The van der Waals surface area contributed by atoms with E-state index in [1.807, 2.05) is 12.1 Å². The Morgan fingerprint density at radius 3 is 2.93 bits per heavy atom. The summed E-state index contributed by atoms with van der Waals surface area (Å²) in [7, 11) is 0. The van der Waals surface area contributed by atoms with Gasteiger partial charge in [-0.25, -0.2) is 0 Å². The van der Waals surface area contributed by atoms with E-state index in [0.29, 0.717) is 11.8 Å². The fourth-order valence-electron chi connectivity index (χ4n) is 2.67. The first-order chi connectivity index (χ1) is 7.14. The Morgan fingerprint density at radius 2 is 2.27 bits per heavy atom. The second-order valence-corrected chi connectivity index (χ2v) is 4.82. The van der Waals surface area contributed by atoms with Crippen LogP contribution >= 0.6 is 0 Å². The van der Waals surface area contributed by atoms with Crippen molar-refractivity contribution >= 4 is 0 Å². The Morgan fingerprint density at radius 1 is 1.47 bits per heavy atom. The molecule has 0 radical (unpaired) electrons. The second kappa shape index (κ2) is 3.93. The van der Waals surface area contributed by atoms with Crippen molar-refractivity contribution in [1.82, 2.24) is 4.98 Å². The highest BCUT2D eigenvalue weighted by atomic mass is 16.3. The molecule has 1 N–H and O–H groups in total. The molecule has 1 aliphatic rings. The molecule has 15 heavy (non-hydrogen) atoms. The van der Waals surface area contributed by atoms with E-state index in [-0.39, 0.29) is 0 Å². The van der Waals surface area contributed by atoms with Crippen molar-refractivity contribution in [3.8, 4) is 0 Å². The second-order valence-electron chi connectivity index (χ2n) is 4.82. The summed E-state index contributed by atoms with van der Waals surface area (Å²) in [5.74, 6) is 0.902. The Bertz CT molecular complexity index is 325. The topological polar surface area (TPSA) is 33.1 Å². The predicted octanol–water partition coefficient (Wildman–Crippen LogP) is 2.73. The van der Waals surface area contributed by atoms with Gasteiger partial charge in [0.2, 0.25) is 0 Å². The zero-order valence-electron chi connectivity index (χ0n) is 9.48. The zero-order chi connectivity index (χ0) is 10.9. The standard InChI is InChI=1S/C13H19NO/c1-10-5-3-7-13(15,11(10)2)12-6-4-8-14-9-12/h4,6,8-11,15H,3,5,7H2,1-2H3. The first-order valence-electron chi connectivity index (χ1n) is 5.77. The molecule has 2 rings (SSSR count). The monoisotopic (exact) mass is 205 g/mol. The number of aromatic nitrogens is 1.